The second-order valence-corrected chi connectivity index (χ2v) is 5.27. The molecule has 106 valence electrons. The first-order valence-electron chi connectivity index (χ1n) is 6.09. The summed E-state index contributed by atoms with van der Waals surface area (Å²) in [5, 5.41) is 13.0. The maximum atomic E-state index is 13.0. The van der Waals surface area contributed by atoms with Crippen molar-refractivity contribution in [2.75, 3.05) is 12.4 Å². The Morgan fingerprint density at radius 2 is 2.00 bits per heavy atom. The van der Waals surface area contributed by atoms with Crippen LogP contribution in [-0.4, -0.2) is 12.2 Å². The second-order valence-electron chi connectivity index (χ2n) is 4.42. The summed E-state index contributed by atoms with van der Waals surface area (Å²) in [5.74, 6) is 0.232. The maximum Gasteiger partial charge on any atom is 0.133 e. The van der Waals surface area contributed by atoms with Crippen LogP contribution in [0, 0.1) is 5.82 Å². The third-order valence-corrected chi connectivity index (χ3v) is 3.61. The summed E-state index contributed by atoms with van der Waals surface area (Å²) in [6.45, 7) is 1.89. The number of hydrogen-bond acceptors (Lipinski definition) is 3. The van der Waals surface area contributed by atoms with Gasteiger partial charge in [-0.2, -0.15) is 0 Å². The van der Waals surface area contributed by atoms with Crippen LogP contribution in [-0.2, 0) is 0 Å². The fourth-order valence-corrected chi connectivity index (χ4v) is 2.51. The quantitative estimate of drug-likeness (QED) is 0.863. The van der Waals surface area contributed by atoms with Crippen LogP contribution in [0.2, 0.25) is 0 Å². The van der Waals surface area contributed by atoms with E-state index in [2.05, 4.69) is 21.2 Å². The molecule has 0 aliphatic carbocycles. The van der Waals surface area contributed by atoms with Gasteiger partial charge < -0.3 is 15.2 Å². The molecule has 0 bridgehead atoms. The number of nitrogens with one attached hydrogen (secondary N) is 1. The molecule has 5 heteroatoms. The lowest BCUT2D eigenvalue weighted by molar-refractivity contribution is 0.412. The van der Waals surface area contributed by atoms with Crippen LogP contribution < -0.4 is 10.1 Å². The van der Waals surface area contributed by atoms with Crippen LogP contribution in [0.25, 0.3) is 0 Å². The van der Waals surface area contributed by atoms with Gasteiger partial charge in [0.2, 0.25) is 0 Å². The summed E-state index contributed by atoms with van der Waals surface area (Å²) in [6, 6.07) is 9.45. The van der Waals surface area contributed by atoms with E-state index in [1.807, 2.05) is 25.1 Å². The summed E-state index contributed by atoms with van der Waals surface area (Å²) in [6.07, 6.45) is 0. The van der Waals surface area contributed by atoms with Gasteiger partial charge in [-0.1, -0.05) is 6.07 Å². The molecule has 1 unspecified atom stereocenters. The number of benzene rings is 2. The number of rotatable bonds is 4. The molecular weight excluding hydrogens is 325 g/mol. The predicted molar refractivity (Wildman–Crippen MR) is 80.8 cm³/mol. The lowest BCUT2D eigenvalue weighted by Crippen LogP contribution is -2.07. The average molecular weight is 340 g/mol. The Hall–Kier alpha value is -1.75. The number of ether oxygens (including phenoxy) is 1. The molecule has 3 nitrogen and oxygen atoms in total. The van der Waals surface area contributed by atoms with Crippen LogP contribution in [0.1, 0.15) is 18.5 Å². The Kier molecular flexibility index (Phi) is 4.49. The zero-order valence-corrected chi connectivity index (χ0v) is 12.7. The van der Waals surface area contributed by atoms with Crippen molar-refractivity contribution < 1.29 is 14.2 Å². The van der Waals surface area contributed by atoms with E-state index < -0.39 is 5.82 Å². The fourth-order valence-electron chi connectivity index (χ4n) is 1.97. The zero-order chi connectivity index (χ0) is 14.7. The second kappa shape index (κ2) is 6.13. The lowest BCUT2D eigenvalue weighted by atomic mass is 10.1. The van der Waals surface area contributed by atoms with Crippen molar-refractivity contribution in [3.8, 4) is 11.5 Å². The molecule has 20 heavy (non-hydrogen) atoms. The normalized spacial score (nSPS) is 12.0. The molecule has 2 aromatic rings. The van der Waals surface area contributed by atoms with Crippen LogP contribution in [0.3, 0.4) is 0 Å². The third kappa shape index (κ3) is 3.22. The topological polar surface area (TPSA) is 41.5 Å². The largest absolute Gasteiger partial charge is 0.507 e. The van der Waals surface area contributed by atoms with Crippen molar-refractivity contribution in [3.05, 3.63) is 52.3 Å². The maximum absolute atomic E-state index is 13.0. The Morgan fingerprint density at radius 1 is 1.25 bits per heavy atom. The summed E-state index contributed by atoms with van der Waals surface area (Å²) < 4.78 is 19.0. The third-order valence-electron chi connectivity index (χ3n) is 2.99. The summed E-state index contributed by atoms with van der Waals surface area (Å²) in [4.78, 5) is 0. The Labute approximate surface area is 125 Å². The van der Waals surface area contributed by atoms with Gasteiger partial charge >= 0.3 is 0 Å². The number of phenols is 1. The highest BCUT2D eigenvalue weighted by Gasteiger charge is 2.11. The number of anilines is 1. The summed E-state index contributed by atoms with van der Waals surface area (Å²) in [5.41, 5.74) is 1.51. The minimum absolute atomic E-state index is 0.0578. The Morgan fingerprint density at radius 3 is 2.60 bits per heavy atom. The molecule has 0 amide bonds. The average Bonchev–Trinajstić information content (AvgIpc) is 2.38. The highest BCUT2D eigenvalue weighted by molar-refractivity contribution is 9.10. The van der Waals surface area contributed by atoms with Gasteiger partial charge in [0.25, 0.3) is 0 Å². The lowest BCUT2D eigenvalue weighted by Gasteiger charge is -2.17. The minimum atomic E-state index is -0.453. The van der Waals surface area contributed by atoms with Gasteiger partial charge in [0.1, 0.15) is 17.3 Å². The van der Waals surface area contributed by atoms with Crippen molar-refractivity contribution in [3.63, 3.8) is 0 Å². The molecule has 2 rings (SSSR count). The standard InChI is InChI=1S/C15H15BrFNO2/c1-9(12-5-3-10(17)7-14(12)19)18-11-4-6-15(20-2)13(16)8-11/h3-9,18-19H,1-2H3. The van der Waals surface area contributed by atoms with E-state index >= 15 is 0 Å². The van der Waals surface area contributed by atoms with Gasteiger partial charge in [-0.05, 0) is 47.1 Å². The van der Waals surface area contributed by atoms with E-state index in [0.717, 1.165) is 22.0 Å². The molecule has 0 aliphatic heterocycles. The van der Waals surface area contributed by atoms with Gasteiger partial charge in [0, 0.05) is 17.3 Å². The van der Waals surface area contributed by atoms with Crippen molar-refractivity contribution in [2.24, 2.45) is 0 Å². The van der Waals surface area contributed by atoms with Gasteiger partial charge in [-0.25, -0.2) is 4.39 Å². The number of methoxy groups -OCH3 is 1. The SMILES string of the molecule is COc1ccc(NC(C)c2ccc(F)cc2O)cc1Br. The number of halogens is 2. The Bertz CT molecular complexity index is 619. The molecule has 0 radical (unpaired) electrons. The molecule has 1 atom stereocenters. The van der Waals surface area contributed by atoms with E-state index in [1.54, 1.807) is 13.2 Å². The number of phenolic OH excluding ortho intramolecular Hbond substituents is 1. The van der Waals surface area contributed by atoms with Crippen LogP contribution in [0.4, 0.5) is 10.1 Å². The van der Waals surface area contributed by atoms with Crippen molar-refractivity contribution in [2.45, 2.75) is 13.0 Å². The molecule has 0 aliphatic rings. The zero-order valence-electron chi connectivity index (χ0n) is 11.2. The molecule has 2 aromatic carbocycles. The molecule has 0 fully saturated rings. The van der Waals surface area contributed by atoms with E-state index in [1.165, 1.54) is 6.07 Å². The van der Waals surface area contributed by atoms with Gasteiger partial charge in [0.05, 0.1) is 17.6 Å². The smallest absolute Gasteiger partial charge is 0.133 e. The predicted octanol–water partition coefficient (Wildman–Crippen LogP) is 4.48. The molecular formula is C15H15BrFNO2. The van der Waals surface area contributed by atoms with E-state index in [-0.39, 0.29) is 11.8 Å². The highest BCUT2D eigenvalue weighted by Crippen LogP contribution is 2.31. The first kappa shape index (κ1) is 14.7. The van der Waals surface area contributed by atoms with Crippen LogP contribution in [0.5, 0.6) is 11.5 Å². The molecule has 0 saturated heterocycles. The van der Waals surface area contributed by atoms with E-state index in [9.17, 15) is 9.50 Å². The van der Waals surface area contributed by atoms with Gasteiger partial charge in [-0.15, -0.1) is 0 Å². The number of hydrogen-bond donors (Lipinski definition) is 2. The molecule has 0 heterocycles. The summed E-state index contributed by atoms with van der Waals surface area (Å²) in [7, 11) is 1.60. The van der Waals surface area contributed by atoms with Crippen LogP contribution in [0.15, 0.2) is 40.9 Å². The summed E-state index contributed by atoms with van der Waals surface area (Å²) >= 11 is 3.41. The molecule has 0 aromatic heterocycles. The van der Waals surface area contributed by atoms with Gasteiger partial charge in [-0.3, -0.25) is 0 Å². The monoisotopic (exact) mass is 339 g/mol. The van der Waals surface area contributed by atoms with Crippen molar-refractivity contribution in [1.29, 1.82) is 0 Å². The molecule has 0 saturated carbocycles. The highest BCUT2D eigenvalue weighted by atomic mass is 79.9. The molecule has 2 N–H and O–H groups in total. The first-order valence-corrected chi connectivity index (χ1v) is 6.89. The van der Waals surface area contributed by atoms with E-state index in [4.69, 9.17) is 4.74 Å². The Balaban J connectivity index is 2.18. The number of aromatic hydroxyl groups is 1. The minimum Gasteiger partial charge on any atom is -0.507 e. The van der Waals surface area contributed by atoms with Crippen LogP contribution >= 0.6 is 15.9 Å². The fraction of sp³-hybridized carbons (Fsp3) is 0.200. The first-order chi connectivity index (χ1) is 9.51. The van der Waals surface area contributed by atoms with Crippen molar-refractivity contribution in [1.82, 2.24) is 0 Å². The molecule has 0 spiro atoms. The van der Waals surface area contributed by atoms with E-state index in [0.29, 0.717) is 5.56 Å². The van der Waals surface area contributed by atoms with Gasteiger partial charge in [0.15, 0.2) is 0 Å². The van der Waals surface area contributed by atoms with Crippen molar-refractivity contribution >= 4 is 21.6 Å².